The van der Waals surface area contributed by atoms with Crippen LogP contribution < -0.4 is 0 Å². The fourth-order valence-corrected chi connectivity index (χ4v) is 1.37. The molecule has 0 aliphatic rings. The highest BCUT2D eigenvalue weighted by molar-refractivity contribution is 4.88. The second-order valence-electron chi connectivity index (χ2n) is 4.86. The summed E-state index contributed by atoms with van der Waals surface area (Å²) in [7, 11) is 0.390. The summed E-state index contributed by atoms with van der Waals surface area (Å²) in [5.74, 6) is -16.1. The van der Waals surface area contributed by atoms with Gasteiger partial charge in [0, 0.05) is 13.5 Å². The number of alkyl halides is 12. The quantitative estimate of drug-likeness (QED) is 0.530. The minimum absolute atomic E-state index is 0.390. The maximum absolute atomic E-state index is 13.9. The Bertz CT molecular complexity index is 461. The molecule has 0 amide bonds. The van der Waals surface area contributed by atoms with Crippen molar-refractivity contribution in [3.8, 4) is 0 Å². The van der Waals surface area contributed by atoms with Crippen molar-refractivity contribution in [3.05, 3.63) is 0 Å². The summed E-state index contributed by atoms with van der Waals surface area (Å²) in [6, 6.07) is 0. The summed E-state index contributed by atoms with van der Waals surface area (Å²) in [6.07, 6.45) is -20.4. The summed E-state index contributed by atoms with van der Waals surface area (Å²) >= 11 is 0. The molecule has 0 aromatic rings. The first-order valence-corrected chi connectivity index (χ1v) is 6.38. The number of hydrogen-bond donors (Lipinski definition) is 0. The van der Waals surface area contributed by atoms with Gasteiger partial charge in [-0.3, -0.25) is 4.74 Å². The van der Waals surface area contributed by atoms with Crippen LogP contribution in [-0.2, 0) is 14.2 Å². The van der Waals surface area contributed by atoms with Crippen LogP contribution >= 0.6 is 0 Å². The molecule has 0 aromatic heterocycles. The summed E-state index contributed by atoms with van der Waals surface area (Å²) in [4.78, 5) is 0. The average molecular weight is 420 g/mol. The number of methoxy groups -OCH3 is 1. The zero-order valence-corrected chi connectivity index (χ0v) is 12.9. The van der Waals surface area contributed by atoms with Crippen molar-refractivity contribution in [3.63, 3.8) is 0 Å². The molecule has 15 heteroatoms. The molecule has 0 bridgehead atoms. The second kappa shape index (κ2) is 7.58. The van der Waals surface area contributed by atoms with Gasteiger partial charge in [0.25, 0.3) is 0 Å². The molecule has 0 spiro atoms. The number of halogens is 12. The average Bonchev–Trinajstić information content (AvgIpc) is 2.41. The minimum atomic E-state index is -6.52. The molecule has 3 nitrogen and oxygen atoms in total. The van der Waals surface area contributed by atoms with Crippen molar-refractivity contribution in [1.82, 2.24) is 0 Å². The Morgan fingerprint density at radius 2 is 0.923 bits per heavy atom. The standard InChI is InChI=1S/C11H12F12O3/c1-3-6(12,9(15,16)17)25-5-8(14,11(21,22)23)26-7(13,4-24-2)10(18,19)20/h3-5H2,1-2H3. The van der Waals surface area contributed by atoms with Crippen molar-refractivity contribution in [2.45, 2.75) is 49.4 Å². The van der Waals surface area contributed by atoms with Gasteiger partial charge in [0.1, 0.15) is 13.2 Å². The smallest absolute Gasteiger partial charge is 0.378 e. The van der Waals surface area contributed by atoms with E-state index in [4.69, 9.17) is 0 Å². The van der Waals surface area contributed by atoms with E-state index in [0.717, 1.165) is 0 Å². The van der Waals surface area contributed by atoms with Crippen LogP contribution in [-0.4, -0.2) is 56.4 Å². The predicted molar refractivity (Wildman–Crippen MR) is 58.9 cm³/mol. The number of ether oxygens (including phenoxy) is 3. The zero-order valence-electron chi connectivity index (χ0n) is 12.9. The third-order valence-electron chi connectivity index (χ3n) is 2.86. The van der Waals surface area contributed by atoms with Crippen LogP contribution in [0.1, 0.15) is 13.3 Å². The molecule has 0 aliphatic carbocycles. The van der Waals surface area contributed by atoms with E-state index >= 15 is 0 Å². The molecule has 0 fully saturated rings. The molecule has 26 heavy (non-hydrogen) atoms. The van der Waals surface area contributed by atoms with Crippen LogP contribution in [0.4, 0.5) is 52.7 Å². The van der Waals surface area contributed by atoms with Crippen LogP contribution in [0, 0.1) is 0 Å². The molecule has 3 atom stereocenters. The molecule has 0 aliphatic heterocycles. The van der Waals surface area contributed by atoms with E-state index in [-0.39, 0.29) is 0 Å². The van der Waals surface area contributed by atoms with E-state index in [9.17, 15) is 52.7 Å². The van der Waals surface area contributed by atoms with E-state index in [1.54, 1.807) is 0 Å². The maximum Gasteiger partial charge on any atom is 0.450 e. The largest absolute Gasteiger partial charge is 0.450 e. The van der Waals surface area contributed by atoms with E-state index in [2.05, 4.69) is 14.2 Å². The van der Waals surface area contributed by atoms with Gasteiger partial charge in [-0.2, -0.15) is 48.3 Å². The Kier molecular flexibility index (Phi) is 7.30. The summed E-state index contributed by atoms with van der Waals surface area (Å²) in [6.45, 7) is -4.93. The van der Waals surface area contributed by atoms with Gasteiger partial charge < -0.3 is 9.47 Å². The van der Waals surface area contributed by atoms with Crippen molar-refractivity contribution >= 4 is 0 Å². The van der Waals surface area contributed by atoms with Crippen LogP contribution in [0.2, 0.25) is 0 Å². The fraction of sp³-hybridized carbons (Fsp3) is 1.00. The van der Waals surface area contributed by atoms with Crippen molar-refractivity contribution < 1.29 is 66.9 Å². The number of hydrogen-bond acceptors (Lipinski definition) is 3. The lowest BCUT2D eigenvalue weighted by atomic mass is 10.2. The minimum Gasteiger partial charge on any atom is -0.378 e. The maximum atomic E-state index is 13.9. The second-order valence-corrected chi connectivity index (χ2v) is 4.86. The highest BCUT2D eigenvalue weighted by Gasteiger charge is 2.70. The monoisotopic (exact) mass is 420 g/mol. The van der Waals surface area contributed by atoms with Crippen LogP contribution in [0.25, 0.3) is 0 Å². The summed E-state index contributed by atoms with van der Waals surface area (Å²) < 4.78 is 164. The van der Waals surface area contributed by atoms with Gasteiger partial charge >= 0.3 is 36.1 Å². The highest BCUT2D eigenvalue weighted by Crippen LogP contribution is 2.46. The summed E-state index contributed by atoms with van der Waals surface area (Å²) in [5.41, 5.74) is 0. The van der Waals surface area contributed by atoms with Crippen LogP contribution in [0.15, 0.2) is 0 Å². The molecule has 0 saturated heterocycles. The lowest BCUT2D eigenvalue weighted by Gasteiger charge is -2.37. The molecule has 0 saturated carbocycles. The first-order valence-electron chi connectivity index (χ1n) is 6.38. The molecule has 3 unspecified atom stereocenters. The SMILES string of the molecule is CCC(F)(OCC(F)(OC(F)(COC)C(F)(F)F)C(F)(F)F)C(F)(F)F. The van der Waals surface area contributed by atoms with E-state index in [1.807, 2.05) is 0 Å². The third kappa shape index (κ3) is 5.28. The van der Waals surface area contributed by atoms with Crippen molar-refractivity contribution in [2.75, 3.05) is 20.3 Å². The molecule has 0 aromatic carbocycles. The third-order valence-corrected chi connectivity index (χ3v) is 2.86. The zero-order chi connectivity index (χ0) is 21.2. The van der Waals surface area contributed by atoms with Crippen LogP contribution in [0.3, 0.4) is 0 Å². The van der Waals surface area contributed by atoms with Gasteiger partial charge in [-0.15, -0.1) is 0 Å². The molecular formula is C11H12F12O3. The molecular weight excluding hydrogens is 408 g/mol. The van der Waals surface area contributed by atoms with Crippen molar-refractivity contribution in [2.24, 2.45) is 0 Å². The van der Waals surface area contributed by atoms with E-state index in [1.165, 1.54) is 0 Å². The van der Waals surface area contributed by atoms with E-state index < -0.39 is 55.7 Å². The Morgan fingerprint density at radius 1 is 0.577 bits per heavy atom. The Balaban J connectivity index is 5.81. The van der Waals surface area contributed by atoms with Gasteiger partial charge in [0.05, 0.1) is 0 Å². The topological polar surface area (TPSA) is 27.7 Å². The molecule has 158 valence electrons. The van der Waals surface area contributed by atoms with E-state index in [0.29, 0.717) is 14.0 Å². The first kappa shape index (κ1) is 25.0. The Hall–Kier alpha value is -0.960. The molecule has 0 radical (unpaired) electrons. The molecule has 0 heterocycles. The molecule has 0 rings (SSSR count). The van der Waals surface area contributed by atoms with Gasteiger partial charge in [-0.05, 0) is 0 Å². The van der Waals surface area contributed by atoms with Gasteiger partial charge in [-0.1, -0.05) is 6.92 Å². The van der Waals surface area contributed by atoms with Crippen LogP contribution in [0.5, 0.6) is 0 Å². The first-order chi connectivity index (χ1) is 11.3. The van der Waals surface area contributed by atoms with Crippen molar-refractivity contribution in [1.29, 1.82) is 0 Å². The summed E-state index contributed by atoms with van der Waals surface area (Å²) in [5, 5.41) is 0. The lowest BCUT2D eigenvalue weighted by Crippen LogP contribution is -2.60. The normalized spacial score (nSPS) is 21.0. The number of rotatable bonds is 8. The predicted octanol–water partition coefficient (Wildman–Crippen LogP) is 4.76. The van der Waals surface area contributed by atoms with Gasteiger partial charge in [-0.25, -0.2) is 4.39 Å². The Morgan fingerprint density at radius 3 is 1.19 bits per heavy atom. The van der Waals surface area contributed by atoms with Gasteiger partial charge in [0.15, 0.2) is 0 Å². The highest BCUT2D eigenvalue weighted by atomic mass is 19.4. The fourth-order valence-electron chi connectivity index (χ4n) is 1.37. The Labute approximate surface area is 138 Å². The lowest BCUT2D eigenvalue weighted by molar-refractivity contribution is -0.455. The van der Waals surface area contributed by atoms with Gasteiger partial charge in [0.2, 0.25) is 0 Å². The molecule has 0 N–H and O–H groups in total.